The van der Waals surface area contributed by atoms with Gasteiger partial charge in [0.1, 0.15) is 5.75 Å². The first-order chi connectivity index (χ1) is 8.66. The quantitative estimate of drug-likeness (QED) is 0.851. The number of fused-ring (bicyclic) bond motifs is 1. The molecule has 100 valence electrons. The van der Waals surface area contributed by atoms with E-state index in [0.717, 1.165) is 24.7 Å². The van der Waals surface area contributed by atoms with Crippen molar-refractivity contribution in [3.8, 4) is 5.75 Å². The SMILES string of the molecule is CC(C)CCC(C)NC1CCOc2ccccc21. The fourth-order valence-electron chi connectivity index (χ4n) is 2.53. The van der Waals surface area contributed by atoms with Crippen molar-refractivity contribution in [1.82, 2.24) is 5.32 Å². The van der Waals surface area contributed by atoms with Crippen LogP contribution in [0, 0.1) is 5.92 Å². The van der Waals surface area contributed by atoms with Gasteiger partial charge in [0.05, 0.1) is 6.61 Å². The minimum Gasteiger partial charge on any atom is -0.493 e. The van der Waals surface area contributed by atoms with Gasteiger partial charge in [0, 0.05) is 24.1 Å². The molecule has 0 spiro atoms. The number of ether oxygens (including phenoxy) is 1. The molecular formula is C16H25NO. The predicted octanol–water partition coefficient (Wildman–Crippen LogP) is 3.92. The largest absolute Gasteiger partial charge is 0.493 e. The first-order valence-corrected chi connectivity index (χ1v) is 7.14. The Bertz CT molecular complexity index is 375. The fraction of sp³-hybridized carbons (Fsp3) is 0.625. The molecule has 0 saturated heterocycles. The first-order valence-electron chi connectivity index (χ1n) is 7.14. The number of rotatable bonds is 5. The Hall–Kier alpha value is -1.02. The van der Waals surface area contributed by atoms with Crippen LogP contribution >= 0.6 is 0 Å². The summed E-state index contributed by atoms with van der Waals surface area (Å²) in [5, 5.41) is 3.75. The monoisotopic (exact) mass is 247 g/mol. The van der Waals surface area contributed by atoms with Crippen LogP contribution in [0.25, 0.3) is 0 Å². The Morgan fingerprint density at radius 1 is 1.22 bits per heavy atom. The summed E-state index contributed by atoms with van der Waals surface area (Å²) < 4.78 is 5.69. The zero-order chi connectivity index (χ0) is 13.0. The van der Waals surface area contributed by atoms with Crippen LogP contribution in [-0.2, 0) is 0 Å². The molecule has 0 saturated carbocycles. The molecule has 1 aliphatic heterocycles. The molecule has 0 radical (unpaired) electrons. The molecule has 1 aliphatic rings. The van der Waals surface area contributed by atoms with Crippen LogP contribution in [0.3, 0.4) is 0 Å². The molecule has 1 aromatic carbocycles. The van der Waals surface area contributed by atoms with E-state index >= 15 is 0 Å². The molecule has 1 aromatic rings. The maximum absolute atomic E-state index is 5.69. The number of benzene rings is 1. The Labute approximate surface area is 111 Å². The van der Waals surface area contributed by atoms with Gasteiger partial charge >= 0.3 is 0 Å². The zero-order valence-corrected chi connectivity index (χ0v) is 11.8. The third-order valence-electron chi connectivity index (χ3n) is 3.62. The van der Waals surface area contributed by atoms with E-state index in [1.165, 1.54) is 18.4 Å². The molecule has 1 N–H and O–H groups in total. The molecule has 2 nitrogen and oxygen atoms in total. The normalized spacial score (nSPS) is 20.3. The van der Waals surface area contributed by atoms with E-state index in [-0.39, 0.29) is 0 Å². The third-order valence-corrected chi connectivity index (χ3v) is 3.62. The van der Waals surface area contributed by atoms with Crippen molar-refractivity contribution < 1.29 is 4.74 Å². The second-order valence-corrected chi connectivity index (χ2v) is 5.77. The molecule has 1 heterocycles. The fourth-order valence-corrected chi connectivity index (χ4v) is 2.53. The highest BCUT2D eigenvalue weighted by Crippen LogP contribution is 2.32. The third kappa shape index (κ3) is 3.49. The Balaban J connectivity index is 1.94. The summed E-state index contributed by atoms with van der Waals surface area (Å²) in [4.78, 5) is 0. The first kappa shape index (κ1) is 13.4. The molecular weight excluding hydrogens is 222 g/mol. The second-order valence-electron chi connectivity index (χ2n) is 5.77. The molecule has 18 heavy (non-hydrogen) atoms. The van der Waals surface area contributed by atoms with Crippen LogP contribution in [0.5, 0.6) is 5.75 Å². The molecule has 2 heteroatoms. The van der Waals surface area contributed by atoms with E-state index in [9.17, 15) is 0 Å². The van der Waals surface area contributed by atoms with Gasteiger partial charge in [-0.3, -0.25) is 0 Å². The summed E-state index contributed by atoms with van der Waals surface area (Å²) in [7, 11) is 0. The van der Waals surface area contributed by atoms with Crippen molar-refractivity contribution in [2.75, 3.05) is 6.61 Å². The van der Waals surface area contributed by atoms with Crippen molar-refractivity contribution in [1.29, 1.82) is 0 Å². The highest BCUT2D eigenvalue weighted by Gasteiger charge is 2.21. The van der Waals surface area contributed by atoms with Crippen molar-refractivity contribution >= 4 is 0 Å². The minimum atomic E-state index is 0.456. The lowest BCUT2D eigenvalue weighted by atomic mass is 9.98. The molecule has 0 bridgehead atoms. The van der Waals surface area contributed by atoms with Gasteiger partial charge in [0.15, 0.2) is 0 Å². The maximum Gasteiger partial charge on any atom is 0.124 e. The van der Waals surface area contributed by atoms with Crippen LogP contribution in [0.2, 0.25) is 0 Å². The Morgan fingerprint density at radius 2 is 2.00 bits per heavy atom. The number of nitrogens with one attached hydrogen (secondary N) is 1. The Kier molecular flexibility index (Phi) is 4.65. The van der Waals surface area contributed by atoms with Crippen molar-refractivity contribution in [3.05, 3.63) is 29.8 Å². The number of hydrogen-bond donors (Lipinski definition) is 1. The van der Waals surface area contributed by atoms with Crippen LogP contribution in [0.4, 0.5) is 0 Å². The highest BCUT2D eigenvalue weighted by atomic mass is 16.5. The van der Waals surface area contributed by atoms with Crippen molar-refractivity contribution in [3.63, 3.8) is 0 Å². The van der Waals surface area contributed by atoms with Gasteiger partial charge in [-0.1, -0.05) is 32.0 Å². The summed E-state index contributed by atoms with van der Waals surface area (Å²) in [6.07, 6.45) is 3.61. The van der Waals surface area contributed by atoms with E-state index in [4.69, 9.17) is 4.74 Å². The highest BCUT2D eigenvalue weighted by molar-refractivity contribution is 5.37. The molecule has 0 aliphatic carbocycles. The Morgan fingerprint density at radius 3 is 2.78 bits per heavy atom. The van der Waals surface area contributed by atoms with Gasteiger partial charge < -0.3 is 10.1 Å². The summed E-state index contributed by atoms with van der Waals surface area (Å²) in [5.74, 6) is 1.84. The summed E-state index contributed by atoms with van der Waals surface area (Å²) >= 11 is 0. The lowest BCUT2D eigenvalue weighted by Gasteiger charge is -2.29. The van der Waals surface area contributed by atoms with Gasteiger partial charge in [0.25, 0.3) is 0 Å². The average Bonchev–Trinajstić information content (AvgIpc) is 2.37. The summed E-state index contributed by atoms with van der Waals surface area (Å²) in [6.45, 7) is 7.69. The summed E-state index contributed by atoms with van der Waals surface area (Å²) in [6, 6.07) is 9.42. The zero-order valence-electron chi connectivity index (χ0n) is 11.8. The standard InChI is InChI=1S/C16H25NO/c1-12(2)8-9-13(3)17-15-10-11-18-16-7-5-4-6-14(15)16/h4-7,12-13,15,17H,8-11H2,1-3H3. The smallest absolute Gasteiger partial charge is 0.124 e. The van der Waals surface area contributed by atoms with E-state index in [2.05, 4.69) is 44.3 Å². The van der Waals surface area contributed by atoms with Gasteiger partial charge in [0.2, 0.25) is 0 Å². The maximum atomic E-state index is 5.69. The van der Waals surface area contributed by atoms with Crippen LogP contribution in [-0.4, -0.2) is 12.6 Å². The van der Waals surface area contributed by atoms with E-state index in [0.29, 0.717) is 12.1 Å². The van der Waals surface area contributed by atoms with E-state index in [1.807, 2.05) is 6.07 Å². The molecule has 2 unspecified atom stereocenters. The van der Waals surface area contributed by atoms with Crippen LogP contribution in [0.1, 0.15) is 51.6 Å². The van der Waals surface area contributed by atoms with Crippen molar-refractivity contribution in [2.45, 2.75) is 52.1 Å². The lowest BCUT2D eigenvalue weighted by molar-refractivity contribution is 0.242. The van der Waals surface area contributed by atoms with E-state index in [1.54, 1.807) is 0 Å². The van der Waals surface area contributed by atoms with Crippen molar-refractivity contribution in [2.24, 2.45) is 5.92 Å². The van der Waals surface area contributed by atoms with Gasteiger partial charge in [-0.25, -0.2) is 0 Å². The van der Waals surface area contributed by atoms with Gasteiger partial charge in [-0.15, -0.1) is 0 Å². The van der Waals surface area contributed by atoms with Crippen LogP contribution < -0.4 is 10.1 Å². The second kappa shape index (κ2) is 6.24. The lowest BCUT2D eigenvalue weighted by Crippen LogP contribution is -2.33. The minimum absolute atomic E-state index is 0.456. The molecule has 2 rings (SSSR count). The molecule has 0 amide bonds. The average molecular weight is 247 g/mol. The van der Waals surface area contributed by atoms with Crippen LogP contribution in [0.15, 0.2) is 24.3 Å². The number of hydrogen-bond acceptors (Lipinski definition) is 2. The van der Waals surface area contributed by atoms with Gasteiger partial charge in [-0.05, 0) is 31.7 Å². The van der Waals surface area contributed by atoms with E-state index < -0.39 is 0 Å². The predicted molar refractivity (Wildman–Crippen MR) is 76.0 cm³/mol. The number of para-hydroxylation sites is 1. The molecule has 0 fully saturated rings. The molecule has 2 atom stereocenters. The van der Waals surface area contributed by atoms with Gasteiger partial charge in [-0.2, -0.15) is 0 Å². The molecule has 0 aromatic heterocycles. The topological polar surface area (TPSA) is 21.3 Å². The summed E-state index contributed by atoms with van der Waals surface area (Å²) in [5.41, 5.74) is 1.32.